The number of thiazole rings is 2. The molecule has 0 saturated carbocycles. The van der Waals surface area contributed by atoms with Crippen molar-refractivity contribution >= 4 is 39.8 Å². The van der Waals surface area contributed by atoms with Gasteiger partial charge in [-0.25, -0.2) is 19.2 Å². The molecule has 1 aromatic carbocycles. The van der Waals surface area contributed by atoms with Crippen LogP contribution in [0, 0.1) is 0 Å². The van der Waals surface area contributed by atoms with Crippen LogP contribution in [0.2, 0.25) is 0 Å². The molecule has 0 saturated heterocycles. The molecule has 0 aliphatic heterocycles. The van der Waals surface area contributed by atoms with E-state index in [4.69, 9.17) is 4.74 Å². The summed E-state index contributed by atoms with van der Waals surface area (Å²) in [5.74, 6) is -1.17. The summed E-state index contributed by atoms with van der Waals surface area (Å²) in [4.78, 5) is 20.7. The number of hydrogen-bond donors (Lipinski definition) is 1. The number of methoxy groups -OCH3 is 1. The third kappa shape index (κ3) is 4.02. The van der Waals surface area contributed by atoms with Crippen LogP contribution < -0.4 is 0 Å². The van der Waals surface area contributed by atoms with Crippen molar-refractivity contribution in [2.24, 2.45) is 0 Å². The average Bonchev–Trinajstić information content (AvgIpc) is 3.36. The highest BCUT2D eigenvalue weighted by molar-refractivity contribution is 7.14. The van der Waals surface area contributed by atoms with Crippen LogP contribution >= 0.6 is 22.7 Å². The Morgan fingerprint density at radius 1 is 1.21 bits per heavy atom. The SMILES string of the molecule is CCc1nc(-c2nc(C(=CF)c3ccccc3C(=COC)C(=O)O)cs2)cs1. The van der Waals surface area contributed by atoms with E-state index in [1.807, 2.05) is 12.3 Å². The Morgan fingerprint density at radius 3 is 2.57 bits per heavy atom. The molecule has 0 fully saturated rings. The minimum absolute atomic E-state index is 0.0695. The lowest BCUT2D eigenvalue weighted by molar-refractivity contribution is -0.130. The van der Waals surface area contributed by atoms with Crippen molar-refractivity contribution in [1.82, 2.24) is 9.97 Å². The van der Waals surface area contributed by atoms with Crippen LogP contribution in [0.4, 0.5) is 4.39 Å². The molecule has 1 N–H and O–H groups in total. The minimum Gasteiger partial charge on any atom is -0.503 e. The molecule has 28 heavy (non-hydrogen) atoms. The zero-order valence-corrected chi connectivity index (χ0v) is 16.8. The normalized spacial score (nSPS) is 12.2. The molecule has 0 spiro atoms. The number of aryl methyl sites for hydroxylation is 1. The van der Waals surface area contributed by atoms with Crippen LogP contribution in [0.25, 0.3) is 21.8 Å². The Kier molecular flexibility index (Phi) is 6.33. The first-order valence-corrected chi connectivity index (χ1v) is 10.1. The zero-order chi connectivity index (χ0) is 20.1. The summed E-state index contributed by atoms with van der Waals surface area (Å²) in [5.41, 5.74) is 2.07. The molecule has 0 amide bonds. The van der Waals surface area contributed by atoms with Gasteiger partial charge < -0.3 is 9.84 Å². The molecule has 2 heterocycles. The van der Waals surface area contributed by atoms with Gasteiger partial charge in [0.25, 0.3) is 0 Å². The van der Waals surface area contributed by atoms with Gasteiger partial charge >= 0.3 is 5.97 Å². The first-order chi connectivity index (χ1) is 13.6. The van der Waals surface area contributed by atoms with Crippen molar-refractivity contribution in [2.45, 2.75) is 13.3 Å². The molecule has 0 aliphatic rings. The quantitative estimate of drug-likeness (QED) is 0.420. The summed E-state index contributed by atoms with van der Waals surface area (Å²) < 4.78 is 18.8. The maximum Gasteiger partial charge on any atom is 0.339 e. The summed E-state index contributed by atoms with van der Waals surface area (Å²) in [6.07, 6.45) is 2.42. The van der Waals surface area contributed by atoms with E-state index in [-0.39, 0.29) is 11.1 Å². The number of halogens is 1. The van der Waals surface area contributed by atoms with Crippen LogP contribution in [0.5, 0.6) is 0 Å². The highest BCUT2D eigenvalue weighted by atomic mass is 32.1. The van der Waals surface area contributed by atoms with Crippen LogP contribution in [-0.4, -0.2) is 28.2 Å². The second-order valence-electron chi connectivity index (χ2n) is 5.66. The van der Waals surface area contributed by atoms with E-state index in [0.29, 0.717) is 28.2 Å². The van der Waals surface area contributed by atoms with Gasteiger partial charge in [-0.2, -0.15) is 0 Å². The van der Waals surface area contributed by atoms with Gasteiger partial charge in [-0.05, 0) is 12.0 Å². The van der Waals surface area contributed by atoms with Crippen molar-refractivity contribution < 1.29 is 19.0 Å². The summed E-state index contributed by atoms with van der Waals surface area (Å²) in [7, 11) is 1.36. The third-order valence-corrected chi connectivity index (χ3v) is 5.79. The highest BCUT2D eigenvalue weighted by Crippen LogP contribution is 2.34. The molecule has 5 nitrogen and oxygen atoms in total. The predicted octanol–water partition coefficient (Wildman–Crippen LogP) is 5.26. The van der Waals surface area contributed by atoms with Crippen molar-refractivity contribution in [3.05, 3.63) is 69.4 Å². The average molecular weight is 416 g/mol. The number of aromatic nitrogens is 2. The molecule has 0 radical (unpaired) electrons. The number of benzene rings is 1. The van der Waals surface area contributed by atoms with E-state index >= 15 is 0 Å². The van der Waals surface area contributed by atoms with Gasteiger partial charge in [0.05, 0.1) is 30.4 Å². The summed E-state index contributed by atoms with van der Waals surface area (Å²) in [6.45, 7) is 2.03. The second-order valence-corrected chi connectivity index (χ2v) is 7.46. The Bertz CT molecular complexity index is 1050. The van der Waals surface area contributed by atoms with E-state index in [9.17, 15) is 14.3 Å². The maximum absolute atomic E-state index is 13.9. The van der Waals surface area contributed by atoms with Gasteiger partial charge in [0.1, 0.15) is 16.3 Å². The molecule has 8 heteroatoms. The van der Waals surface area contributed by atoms with E-state index in [1.54, 1.807) is 41.0 Å². The second kappa shape index (κ2) is 8.90. The van der Waals surface area contributed by atoms with Crippen molar-refractivity contribution in [3.63, 3.8) is 0 Å². The number of rotatable bonds is 7. The minimum atomic E-state index is -1.17. The fourth-order valence-corrected chi connectivity index (χ4v) is 4.22. The molecule has 2 aromatic heterocycles. The van der Waals surface area contributed by atoms with Gasteiger partial charge in [-0.1, -0.05) is 31.2 Å². The lowest BCUT2D eigenvalue weighted by Gasteiger charge is -2.11. The van der Waals surface area contributed by atoms with Crippen LogP contribution in [0.15, 0.2) is 47.6 Å². The van der Waals surface area contributed by atoms with E-state index in [1.165, 1.54) is 18.4 Å². The number of carbonyl (C=O) groups is 1. The van der Waals surface area contributed by atoms with Gasteiger partial charge in [-0.3, -0.25) is 0 Å². The number of ether oxygens (including phenoxy) is 1. The summed E-state index contributed by atoms with van der Waals surface area (Å²) in [5, 5.41) is 14.9. The highest BCUT2D eigenvalue weighted by Gasteiger charge is 2.20. The molecule has 3 rings (SSSR count). The molecule has 3 aromatic rings. The number of carboxylic acids is 1. The molecule has 144 valence electrons. The van der Waals surface area contributed by atoms with E-state index in [0.717, 1.165) is 23.4 Å². The molecular weight excluding hydrogens is 399 g/mol. The molecule has 0 aliphatic carbocycles. The number of carboxylic acid groups (broad SMARTS) is 1. The Morgan fingerprint density at radius 2 is 1.96 bits per heavy atom. The zero-order valence-electron chi connectivity index (χ0n) is 15.2. The fraction of sp³-hybridized carbons (Fsp3) is 0.150. The Labute approximate surface area is 169 Å². The number of aliphatic carboxylic acids is 1. The standard InChI is InChI=1S/C20H17FN2O3S2/c1-3-18-22-17(11-27-18)19-23-16(10-28-19)14(8-21)12-6-4-5-7-13(12)15(9-26-2)20(24)25/h4-11H,3H2,1-2H3,(H,24,25). The van der Waals surface area contributed by atoms with E-state index < -0.39 is 5.97 Å². The first-order valence-electron chi connectivity index (χ1n) is 8.36. The number of nitrogens with zero attached hydrogens (tertiary/aromatic N) is 2. The molecule has 0 atom stereocenters. The van der Waals surface area contributed by atoms with Crippen LogP contribution in [0.1, 0.15) is 28.8 Å². The largest absolute Gasteiger partial charge is 0.503 e. The predicted molar refractivity (Wildman–Crippen MR) is 110 cm³/mol. The molecular formula is C20H17FN2O3S2. The lowest BCUT2D eigenvalue weighted by atomic mass is 9.94. The van der Waals surface area contributed by atoms with Crippen molar-refractivity contribution in [1.29, 1.82) is 0 Å². The molecule has 0 unspecified atom stereocenters. The lowest BCUT2D eigenvalue weighted by Crippen LogP contribution is -2.04. The summed E-state index contributed by atoms with van der Waals surface area (Å²) in [6, 6.07) is 6.67. The Hall–Kier alpha value is -2.84. The molecule has 0 bridgehead atoms. The third-order valence-electron chi connectivity index (χ3n) is 3.94. The smallest absolute Gasteiger partial charge is 0.339 e. The van der Waals surface area contributed by atoms with Gasteiger partial charge in [0.15, 0.2) is 0 Å². The monoisotopic (exact) mass is 416 g/mol. The van der Waals surface area contributed by atoms with Crippen molar-refractivity contribution in [3.8, 4) is 10.7 Å². The fourth-order valence-electron chi connectivity index (χ4n) is 2.64. The van der Waals surface area contributed by atoms with Crippen LogP contribution in [0.3, 0.4) is 0 Å². The van der Waals surface area contributed by atoms with Gasteiger partial charge in [-0.15, -0.1) is 22.7 Å². The summed E-state index contributed by atoms with van der Waals surface area (Å²) >= 11 is 2.93. The van der Waals surface area contributed by atoms with Gasteiger partial charge in [0.2, 0.25) is 0 Å². The maximum atomic E-state index is 13.9. The topological polar surface area (TPSA) is 72.3 Å². The van der Waals surface area contributed by atoms with E-state index in [2.05, 4.69) is 9.97 Å². The van der Waals surface area contributed by atoms with Crippen LogP contribution in [-0.2, 0) is 16.0 Å². The Balaban J connectivity index is 2.04. The van der Waals surface area contributed by atoms with Crippen molar-refractivity contribution in [2.75, 3.05) is 7.11 Å². The first kappa shape index (κ1) is 19.9. The number of hydrogen-bond acceptors (Lipinski definition) is 6. The van der Waals surface area contributed by atoms with Gasteiger partial charge in [0, 0.05) is 21.9 Å².